The SMILES string of the molecule is CCc1ccc(S(=O)(=O)NC(C)C2CCC2)cc1N. The van der Waals surface area contributed by atoms with Gasteiger partial charge >= 0.3 is 0 Å². The lowest BCUT2D eigenvalue weighted by molar-refractivity contribution is 0.260. The Hall–Kier alpha value is -1.07. The Morgan fingerprint density at radius 3 is 2.58 bits per heavy atom. The van der Waals surface area contributed by atoms with Crippen LogP contribution in [0.4, 0.5) is 5.69 Å². The van der Waals surface area contributed by atoms with E-state index in [1.54, 1.807) is 18.2 Å². The number of sulfonamides is 1. The molecule has 1 fully saturated rings. The van der Waals surface area contributed by atoms with Crippen molar-refractivity contribution in [3.05, 3.63) is 23.8 Å². The fourth-order valence-electron chi connectivity index (χ4n) is 2.41. The second kappa shape index (κ2) is 5.51. The zero-order valence-electron chi connectivity index (χ0n) is 11.5. The zero-order valence-corrected chi connectivity index (χ0v) is 12.3. The lowest BCUT2D eigenvalue weighted by atomic mass is 9.81. The summed E-state index contributed by atoms with van der Waals surface area (Å²) in [6.45, 7) is 3.93. The van der Waals surface area contributed by atoms with Crippen LogP contribution in [0, 0.1) is 5.92 Å². The summed E-state index contributed by atoms with van der Waals surface area (Å²) in [4.78, 5) is 0.258. The summed E-state index contributed by atoms with van der Waals surface area (Å²) in [5.41, 5.74) is 7.39. The standard InChI is InChI=1S/C14H22N2O2S/c1-3-11-7-8-13(9-14(11)15)19(17,18)16-10(2)12-5-4-6-12/h7-10,12,16H,3-6,15H2,1-2H3. The number of nitrogens with one attached hydrogen (secondary N) is 1. The maximum Gasteiger partial charge on any atom is 0.240 e. The maximum absolute atomic E-state index is 12.3. The first-order valence-electron chi connectivity index (χ1n) is 6.84. The molecule has 2 rings (SSSR count). The number of anilines is 1. The van der Waals surface area contributed by atoms with Gasteiger partial charge in [0.05, 0.1) is 4.90 Å². The molecule has 1 aromatic rings. The van der Waals surface area contributed by atoms with Crippen molar-refractivity contribution >= 4 is 15.7 Å². The Balaban J connectivity index is 2.16. The van der Waals surface area contributed by atoms with Crippen LogP contribution in [-0.2, 0) is 16.4 Å². The van der Waals surface area contributed by atoms with Crippen molar-refractivity contribution in [1.29, 1.82) is 0 Å². The molecule has 4 nitrogen and oxygen atoms in total. The minimum atomic E-state index is -3.46. The van der Waals surface area contributed by atoms with Crippen molar-refractivity contribution in [2.75, 3.05) is 5.73 Å². The molecule has 5 heteroatoms. The minimum Gasteiger partial charge on any atom is -0.398 e. The third-order valence-corrected chi connectivity index (χ3v) is 5.56. The van der Waals surface area contributed by atoms with Gasteiger partial charge in [-0.3, -0.25) is 0 Å². The number of hydrogen-bond acceptors (Lipinski definition) is 3. The third kappa shape index (κ3) is 3.09. The summed E-state index contributed by atoms with van der Waals surface area (Å²) >= 11 is 0. The smallest absolute Gasteiger partial charge is 0.240 e. The molecule has 0 radical (unpaired) electrons. The Morgan fingerprint density at radius 1 is 1.42 bits per heavy atom. The topological polar surface area (TPSA) is 72.2 Å². The van der Waals surface area contributed by atoms with E-state index in [4.69, 9.17) is 5.73 Å². The van der Waals surface area contributed by atoms with Crippen molar-refractivity contribution in [2.45, 2.75) is 50.5 Å². The van der Waals surface area contributed by atoms with Crippen molar-refractivity contribution in [1.82, 2.24) is 4.72 Å². The van der Waals surface area contributed by atoms with Gasteiger partial charge in [-0.15, -0.1) is 0 Å². The summed E-state index contributed by atoms with van der Waals surface area (Å²) < 4.78 is 27.3. The van der Waals surface area contributed by atoms with Crippen molar-refractivity contribution in [2.24, 2.45) is 5.92 Å². The van der Waals surface area contributed by atoms with E-state index in [0.29, 0.717) is 11.6 Å². The number of nitrogens with two attached hydrogens (primary N) is 1. The number of rotatable bonds is 5. The number of nitrogen functional groups attached to an aromatic ring is 1. The van der Waals surface area contributed by atoms with Crippen molar-refractivity contribution < 1.29 is 8.42 Å². The first-order chi connectivity index (χ1) is 8.94. The molecule has 0 spiro atoms. The summed E-state index contributed by atoms with van der Waals surface area (Å²) in [5.74, 6) is 0.474. The number of hydrogen-bond donors (Lipinski definition) is 2. The Morgan fingerprint density at radius 2 is 2.11 bits per heavy atom. The lowest BCUT2D eigenvalue weighted by Crippen LogP contribution is -2.40. The molecule has 1 unspecified atom stereocenters. The fourth-order valence-corrected chi connectivity index (χ4v) is 3.76. The molecule has 0 amide bonds. The van der Waals surface area contributed by atoms with E-state index in [0.717, 1.165) is 24.8 Å². The molecule has 106 valence electrons. The van der Waals surface area contributed by atoms with Gasteiger partial charge in [-0.1, -0.05) is 19.4 Å². The molecular weight excluding hydrogens is 260 g/mol. The highest BCUT2D eigenvalue weighted by Gasteiger charge is 2.28. The van der Waals surface area contributed by atoms with Gasteiger partial charge in [0.15, 0.2) is 0 Å². The van der Waals surface area contributed by atoms with Gasteiger partial charge < -0.3 is 5.73 Å². The summed E-state index contributed by atoms with van der Waals surface area (Å²) in [5, 5.41) is 0. The van der Waals surface area contributed by atoms with Crippen LogP contribution in [0.5, 0.6) is 0 Å². The highest BCUT2D eigenvalue weighted by Crippen LogP contribution is 2.30. The average molecular weight is 282 g/mol. The first-order valence-corrected chi connectivity index (χ1v) is 8.33. The van der Waals surface area contributed by atoms with Crippen LogP contribution in [0.15, 0.2) is 23.1 Å². The van der Waals surface area contributed by atoms with Crippen LogP contribution >= 0.6 is 0 Å². The predicted octanol–water partition coefficient (Wildman–Crippen LogP) is 2.30. The van der Waals surface area contributed by atoms with E-state index < -0.39 is 10.0 Å². The van der Waals surface area contributed by atoms with E-state index in [1.165, 1.54) is 6.42 Å². The molecule has 0 aromatic heterocycles. The zero-order chi connectivity index (χ0) is 14.0. The highest BCUT2D eigenvalue weighted by molar-refractivity contribution is 7.89. The van der Waals surface area contributed by atoms with Gasteiger partial charge in [0.1, 0.15) is 0 Å². The van der Waals surface area contributed by atoms with E-state index in [2.05, 4.69) is 4.72 Å². The molecule has 1 aliphatic carbocycles. The van der Waals surface area contributed by atoms with Crippen LogP contribution in [0.2, 0.25) is 0 Å². The third-order valence-electron chi connectivity index (χ3n) is 4.01. The minimum absolute atomic E-state index is 0.00849. The van der Waals surface area contributed by atoms with Crippen LogP contribution in [0.3, 0.4) is 0 Å². The summed E-state index contributed by atoms with van der Waals surface area (Å²) in [6.07, 6.45) is 4.23. The molecule has 19 heavy (non-hydrogen) atoms. The average Bonchev–Trinajstić information content (AvgIpc) is 2.25. The molecule has 0 aliphatic heterocycles. The van der Waals surface area contributed by atoms with Crippen LogP contribution < -0.4 is 10.5 Å². The highest BCUT2D eigenvalue weighted by atomic mass is 32.2. The predicted molar refractivity (Wildman–Crippen MR) is 77.4 cm³/mol. The quantitative estimate of drug-likeness (QED) is 0.814. The molecule has 1 aliphatic rings. The molecule has 0 heterocycles. The van der Waals surface area contributed by atoms with E-state index in [9.17, 15) is 8.42 Å². The Bertz CT molecular complexity index is 551. The van der Waals surface area contributed by atoms with Crippen LogP contribution in [0.1, 0.15) is 38.7 Å². The van der Waals surface area contributed by atoms with E-state index in [-0.39, 0.29) is 10.9 Å². The van der Waals surface area contributed by atoms with Gasteiger partial charge in [-0.25, -0.2) is 13.1 Å². The van der Waals surface area contributed by atoms with Gasteiger partial charge in [0.2, 0.25) is 10.0 Å². The lowest BCUT2D eigenvalue weighted by Gasteiger charge is -2.31. The first kappa shape index (κ1) is 14.3. The Kier molecular flexibility index (Phi) is 4.16. The number of aryl methyl sites for hydroxylation is 1. The normalized spacial score (nSPS) is 18.0. The van der Waals surface area contributed by atoms with Crippen molar-refractivity contribution in [3.63, 3.8) is 0 Å². The molecule has 3 N–H and O–H groups in total. The van der Waals surface area contributed by atoms with Gasteiger partial charge in [0.25, 0.3) is 0 Å². The molecule has 0 saturated heterocycles. The van der Waals surface area contributed by atoms with Gasteiger partial charge in [-0.2, -0.15) is 0 Å². The molecule has 1 atom stereocenters. The second-order valence-corrected chi connectivity index (χ2v) is 7.03. The Labute approximate surface area is 115 Å². The van der Waals surface area contributed by atoms with Gasteiger partial charge in [0, 0.05) is 11.7 Å². The molecular formula is C14H22N2O2S. The summed E-state index contributed by atoms with van der Waals surface area (Å²) in [6, 6.07) is 4.96. The molecule has 1 aromatic carbocycles. The second-order valence-electron chi connectivity index (χ2n) is 5.32. The molecule has 1 saturated carbocycles. The summed E-state index contributed by atoms with van der Waals surface area (Å²) in [7, 11) is -3.46. The molecule has 0 bridgehead atoms. The largest absolute Gasteiger partial charge is 0.398 e. The van der Waals surface area contributed by atoms with Crippen LogP contribution in [-0.4, -0.2) is 14.5 Å². The van der Waals surface area contributed by atoms with Gasteiger partial charge in [-0.05, 0) is 49.8 Å². The fraction of sp³-hybridized carbons (Fsp3) is 0.571. The number of benzene rings is 1. The maximum atomic E-state index is 12.3. The van der Waals surface area contributed by atoms with Crippen molar-refractivity contribution in [3.8, 4) is 0 Å². The van der Waals surface area contributed by atoms with E-state index >= 15 is 0 Å². The van der Waals surface area contributed by atoms with Crippen LogP contribution in [0.25, 0.3) is 0 Å². The monoisotopic (exact) mass is 282 g/mol. The van der Waals surface area contributed by atoms with E-state index in [1.807, 2.05) is 13.8 Å².